The molecule has 2 rings (SSSR count). The lowest BCUT2D eigenvalue weighted by molar-refractivity contribution is -0.255. The summed E-state index contributed by atoms with van der Waals surface area (Å²) >= 11 is 0. The molecule has 0 saturated carbocycles. The number of carbonyl (C=O) groups excluding carboxylic acids is 1. The Labute approximate surface area is 130 Å². The normalized spacial score (nSPS) is 11.1. The van der Waals surface area contributed by atoms with Crippen LogP contribution in [0.25, 0.3) is 11.7 Å². The van der Waals surface area contributed by atoms with Crippen molar-refractivity contribution in [3.05, 3.63) is 35.2 Å². The Bertz CT molecular complexity index is 847. The zero-order valence-corrected chi connectivity index (χ0v) is 12.2. The van der Waals surface area contributed by atoms with Crippen LogP contribution in [0.15, 0.2) is 23.9 Å². The van der Waals surface area contributed by atoms with Crippen molar-refractivity contribution in [1.82, 2.24) is 14.9 Å². The second kappa shape index (κ2) is 6.59. The maximum absolute atomic E-state index is 11.0. The molecule has 0 aromatic carbocycles. The first kappa shape index (κ1) is 16.0. The summed E-state index contributed by atoms with van der Waals surface area (Å²) in [5.41, 5.74) is 2.93. The minimum atomic E-state index is -1.39. The highest BCUT2D eigenvalue weighted by Gasteiger charge is 2.17. The molecular formula is C14H12N4O5. The first-order valence-corrected chi connectivity index (χ1v) is 6.37. The first-order chi connectivity index (χ1) is 10.9. The molecule has 0 aliphatic rings. The van der Waals surface area contributed by atoms with Crippen LogP contribution in [-0.4, -0.2) is 26.4 Å². The number of imidazole rings is 1. The average molecular weight is 316 g/mol. The second-order valence-corrected chi connectivity index (χ2v) is 4.49. The molecule has 2 heterocycles. The van der Waals surface area contributed by atoms with Crippen molar-refractivity contribution in [2.24, 2.45) is 0 Å². The van der Waals surface area contributed by atoms with Gasteiger partial charge in [-0.25, -0.2) is 4.79 Å². The number of aromatic nitrogens is 2. The quantitative estimate of drug-likeness (QED) is 0.364. The van der Waals surface area contributed by atoms with Crippen LogP contribution in [0.1, 0.15) is 18.2 Å². The highest BCUT2D eigenvalue weighted by atomic mass is 17.3. The van der Waals surface area contributed by atoms with Gasteiger partial charge in [0.1, 0.15) is 23.0 Å². The van der Waals surface area contributed by atoms with Crippen LogP contribution in [-0.2, 0) is 14.6 Å². The largest absolute Gasteiger partial charge is 0.477 e. The van der Waals surface area contributed by atoms with Crippen LogP contribution >= 0.6 is 0 Å². The SMILES string of the molecule is CC(=O)NOOc1nc2c(C)cccn2c1C=C(C#N)C(=O)O. The Hall–Kier alpha value is -3.38. The van der Waals surface area contributed by atoms with Crippen molar-refractivity contribution in [3.63, 3.8) is 0 Å². The highest BCUT2D eigenvalue weighted by Crippen LogP contribution is 2.24. The van der Waals surface area contributed by atoms with Gasteiger partial charge in [0, 0.05) is 13.1 Å². The van der Waals surface area contributed by atoms with Crippen molar-refractivity contribution in [2.75, 3.05) is 0 Å². The van der Waals surface area contributed by atoms with Crippen LogP contribution < -0.4 is 10.4 Å². The molecule has 0 aliphatic heterocycles. The molecule has 0 bridgehead atoms. The van der Waals surface area contributed by atoms with Crippen molar-refractivity contribution >= 4 is 23.6 Å². The number of carboxylic acid groups (broad SMARTS) is 1. The molecule has 9 heteroatoms. The van der Waals surface area contributed by atoms with E-state index >= 15 is 0 Å². The molecule has 2 aromatic heterocycles. The summed E-state index contributed by atoms with van der Waals surface area (Å²) in [7, 11) is 0. The monoisotopic (exact) mass is 316 g/mol. The molecule has 23 heavy (non-hydrogen) atoms. The lowest BCUT2D eigenvalue weighted by atomic mass is 10.2. The number of hydrogen-bond donors (Lipinski definition) is 2. The Morgan fingerprint density at radius 1 is 1.52 bits per heavy atom. The molecule has 118 valence electrons. The number of nitrogens with zero attached hydrogens (tertiary/aromatic N) is 3. The molecule has 0 radical (unpaired) electrons. The van der Waals surface area contributed by atoms with E-state index in [1.165, 1.54) is 6.92 Å². The molecule has 0 unspecified atom stereocenters. The fourth-order valence-electron chi connectivity index (χ4n) is 1.79. The number of nitriles is 1. The molecule has 9 nitrogen and oxygen atoms in total. The predicted molar refractivity (Wildman–Crippen MR) is 76.7 cm³/mol. The summed E-state index contributed by atoms with van der Waals surface area (Å²) in [5, 5.41) is 17.9. The van der Waals surface area contributed by atoms with E-state index in [1.54, 1.807) is 35.7 Å². The van der Waals surface area contributed by atoms with Crippen molar-refractivity contribution in [1.29, 1.82) is 5.26 Å². The third-order valence-corrected chi connectivity index (χ3v) is 2.79. The molecule has 0 atom stereocenters. The number of hydroxylamine groups is 1. The number of carbonyl (C=O) groups is 2. The fourth-order valence-corrected chi connectivity index (χ4v) is 1.79. The molecular weight excluding hydrogens is 304 g/mol. The smallest absolute Gasteiger partial charge is 0.346 e. The minimum Gasteiger partial charge on any atom is -0.477 e. The number of aliphatic carboxylic acids is 1. The number of carboxylic acids is 1. The van der Waals surface area contributed by atoms with Gasteiger partial charge in [-0.2, -0.15) is 15.7 Å². The Morgan fingerprint density at radius 2 is 2.26 bits per heavy atom. The second-order valence-electron chi connectivity index (χ2n) is 4.49. The van der Waals surface area contributed by atoms with Gasteiger partial charge in [0.25, 0.3) is 5.88 Å². The minimum absolute atomic E-state index is 0.0953. The highest BCUT2D eigenvalue weighted by molar-refractivity contribution is 5.96. The molecule has 0 saturated heterocycles. The maximum Gasteiger partial charge on any atom is 0.346 e. The van der Waals surface area contributed by atoms with Crippen LogP contribution in [0.4, 0.5) is 0 Å². The van der Waals surface area contributed by atoms with Gasteiger partial charge in [0.2, 0.25) is 5.91 Å². The van der Waals surface area contributed by atoms with Gasteiger partial charge < -0.3 is 5.11 Å². The number of nitrogens with one attached hydrogen (secondary N) is 1. The molecule has 2 N–H and O–H groups in total. The lowest BCUT2D eigenvalue weighted by Crippen LogP contribution is -2.22. The predicted octanol–water partition coefficient (Wildman–Crippen LogP) is 0.996. The number of pyridine rings is 1. The Kier molecular flexibility index (Phi) is 4.58. The zero-order chi connectivity index (χ0) is 17.0. The van der Waals surface area contributed by atoms with Crippen LogP contribution in [0.3, 0.4) is 0 Å². The van der Waals surface area contributed by atoms with E-state index < -0.39 is 17.4 Å². The molecule has 1 amide bonds. The first-order valence-electron chi connectivity index (χ1n) is 6.37. The van der Waals surface area contributed by atoms with Gasteiger partial charge in [0.15, 0.2) is 0 Å². The van der Waals surface area contributed by atoms with Gasteiger partial charge >= 0.3 is 5.97 Å². The number of aryl methyl sites for hydroxylation is 1. The van der Waals surface area contributed by atoms with Crippen molar-refractivity contribution < 1.29 is 24.6 Å². The molecule has 0 aliphatic carbocycles. The van der Waals surface area contributed by atoms with E-state index in [4.69, 9.17) is 15.3 Å². The van der Waals surface area contributed by atoms with Crippen LogP contribution in [0, 0.1) is 18.3 Å². The van der Waals surface area contributed by atoms with Gasteiger partial charge in [-0.1, -0.05) is 11.1 Å². The summed E-state index contributed by atoms with van der Waals surface area (Å²) in [6.45, 7) is 3.02. The number of hydrogen-bond acceptors (Lipinski definition) is 6. The van der Waals surface area contributed by atoms with Gasteiger partial charge in [-0.15, -0.1) is 0 Å². The third kappa shape index (κ3) is 3.45. The van der Waals surface area contributed by atoms with E-state index in [1.807, 2.05) is 5.48 Å². The van der Waals surface area contributed by atoms with Crippen molar-refractivity contribution in [2.45, 2.75) is 13.8 Å². The van der Waals surface area contributed by atoms with Crippen LogP contribution in [0.5, 0.6) is 5.88 Å². The fraction of sp³-hybridized carbons (Fsp3) is 0.143. The third-order valence-electron chi connectivity index (χ3n) is 2.79. The average Bonchev–Trinajstić information content (AvgIpc) is 2.83. The maximum atomic E-state index is 11.0. The van der Waals surface area contributed by atoms with Gasteiger partial charge in [-0.3, -0.25) is 14.1 Å². The summed E-state index contributed by atoms with van der Waals surface area (Å²) in [6.07, 6.45) is 2.73. The van der Waals surface area contributed by atoms with Gasteiger partial charge in [-0.05, 0) is 24.6 Å². The molecule has 0 fully saturated rings. The van der Waals surface area contributed by atoms with E-state index in [0.29, 0.717) is 5.65 Å². The summed E-state index contributed by atoms with van der Waals surface area (Å²) in [6, 6.07) is 5.11. The summed E-state index contributed by atoms with van der Waals surface area (Å²) in [5.74, 6) is -1.98. The van der Waals surface area contributed by atoms with E-state index in [9.17, 15) is 9.59 Å². The van der Waals surface area contributed by atoms with E-state index in [2.05, 4.69) is 9.97 Å². The number of fused-ring (bicyclic) bond motifs is 1. The zero-order valence-electron chi connectivity index (χ0n) is 12.2. The standard InChI is InChI=1S/C14H12N4O5/c1-8-4-3-5-18-11(6-10(7-15)14(20)21)13(16-12(8)18)22-23-17-9(2)19/h3-6H,1-2H3,(H,17,19)(H,20,21). The van der Waals surface area contributed by atoms with Crippen molar-refractivity contribution in [3.8, 4) is 11.9 Å². The topological polar surface area (TPSA) is 126 Å². The lowest BCUT2D eigenvalue weighted by Gasteiger charge is -2.02. The van der Waals surface area contributed by atoms with E-state index in [-0.39, 0.29) is 11.6 Å². The van der Waals surface area contributed by atoms with E-state index in [0.717, 1.165) is 11.6 Å². The number of rotatable bonds is 5. The Morgan fingerprint density at radius 3 is 2.87 bits per heavy atom. The van der Waals surface area contributed by atoms with Crippen LogP contribution in [0.2, 0.25) is 0 Å². The summed E-state index contributed by atoms with van der Waals surface area (Å²) in [4.78, 5) is 35.4. The van der Waals surface area contributed by atoms with Gasteiger partial charge in [0.05, 0.1) is 0 Å². The Balaban J connectivity index is 2.54. The number of amides is 1. The summed E-state index contributed by atoms with van der Waals surface area (Å²) < 4.78 is 1.54. The molecule has 2 aromatic rings. The molecule has 0 spiro atoms.